The van der Waals surface area contributed by atoms with Gasteiger partial charge in [0.15, 0.2) is 0 Å². The van der Waals surface area contributed by atoms with Crippen LogP contribution in [0, 0.1) is 0 Å². The van der Waals surface area contributed by atoms with Crippen LogP contribution >= 0.6 is 0 Å². The van der Waals surface area contributed by atoms with Crippen LogP contribution < -0.4 is 11.1 Å². The Morgan fingerprint density at radius 2 is 1.64 bits per heavy atom. The molecule has 0 aromatic heterocycles. The summed E-state index contributed by atoms with van der Waals surface area (Å²) >= 11 is 0. The number of benzene rings is 2. The SMILES string of the molecule is COC(=O)[C@@H](N)CCCCNC(=O)OCC1c2ccccc2-c2ccccc21. The highest BCUT2D eigenvalue weighted by molar-refractivity contribution is 5.79. The summed E-state index contributed by atoms with van der Waals surface area (Å²) in [6.07, 6.45) is 1.53. The summed E-state index contributed by atoms with van der Waals surface area (Å²) in [6, 6.07) is 15.8. The Bertz CT molecular complexity index is 791. The zero-order chi connectivity index (χ0) is 19.9. The van der Waals surface area contributed by atoms with Gasteiger partial charge in [-0.2, -0.15) is 0 Å². The van der Waals surface area contributed by atoms with Gasteiger partial charge in [-0.05, 0) is 41.5 Å². The summed E-state index contributed by atoms with van der Waals surface area (Å²) in [5.41, 5.74) is 10.5. The van der Waals surface area contributed by atoms with Crippen LogP contribution in [0.3, 0.4) is 0 Å². The van der Waals surface area contributed by atoms with Crippen molar-refractivity contribution in [1.29, 1.82) is 0 Å². The summed E-state index contributed by atoms with van der Waals surface area (Å²) in [5.74, 6) is -0.360. The fourth-order valence-corrected chi connectivity index (χ4v) is 3.60. The second-order valence-electron chi connectivity index (χ2n) is 6.88. The molecule has 148 valence electrons. The van der Waals surface area contributed by atoms with Gasteiger partial charge in [0, 0.05) is 12.5 Å². The lowest BCUT2D eigenvalue weighted by Gasteiger charge is -2.14. The van der Waals surface area contributed by atoms with Gasteiger partial charge in [-0.1, -0.05) is 48.5 Å². The summed E-state index contributed by atoms with van der Waals surface area (Å²) in [7, 11) is 1.32. The number of alkyl carbamates (subject to hydrolysis) is 1. The first-order valence-electron chi connectivity index (χ1n) is 9.54. The lowest BCUT2D eigenvalue weighted by atomic mass is 9.98. The first-order valence-corrected chi connectivity index (χ1v) is 9.54. The van der Waals surface area contributed by atoms with Gasteiger partial charge in [-0.25, -0.2) is 4.79 Å². The van der Waals surface area contributed by atoms with Crippen LogP contribution in [0.5, 0.6) is 0 Å². The molecule has 1 aliphatic carbocycles. The Labute approximate surface area is 165 Å². The van der Waals surface area contributed by atoms with E-state index >= 15 is 0 Å². The molecule has 0 unspecified atom stereocenters. The molecule has 0 heterocycles. The predicted molar refractivity (Wildman–Crippen MR) is 107 cm³/mol. The molecule has 2 aromatic carbocycles. The Kier molecular flexibility index (Phi) is 6.66. The smallest absolute Gasteiger partial charge is 0.407 e. The van der Waals surface area contributed by atoms with E-state index in [1.54, 1.807) is 0 Å². The molecular weight excluding hydrogens is 356 g/mol. The van der Waals surface area contributed by atoms with Crippen LogP contribution in [0.15, 0.2) is 48.5 Å². The van der Waals surface area contributed by atoms with Crippen LogP contribution in [-0.2, 0) is 14.3 Å². The van der Waals surface area contributed by atoms with Gasteiger partial charge in [0.1, 0.15) is 12.6 Å². The largest absolute Gasteiger partial charge is 0.468 e. The van der Waals surface area contributed by atoms with Crippen molar-refractivity contribution in [3.05, 3.63) is 59.7 Å². The van der Waals surface area contributed by atoms with Crippen LogP contribution in [0.1, 0.15) is 36.3 Å². The van der Waals surface area contributed by atoms with Crippen molar-refractivity contribution in [3.63, 3.8) is 0 Å². The van der Waals surface area contributed by atoms with Gasteiger partial charge in [0.05, 0.1) is 7.11 Å². The Morgan fingerprint density at radius 1 is 1.04 bits per heavy atom. The van der Waals surface area contributed by atoms with E-state index in [0.717, 1.165) is 12.8 Å². The lowest BCUT2D eigenvalue weighted by Crippen LogP contribution is -2.32. The number of methoxy groups -OCH3 is 1. The number of nitrogens with two attached hydrogens (primary N) is 1. The van der Waals surface area contributed by atoms with E-state index in [9.17, 15) is 9.59 Å². The highest BCUT2D eigenvalue weighted by Crippen LogP contribution is 2.44. The standard InChI is InChI=1S/C22H26N2O4/c1-27-21(25)20(23)12-6-7-13-24-22(26)28-14-19-17-10-4-2-8-15(17)16-9-3-5-11-18(16)19/h2-5,8-11,19-20H,6-7,12-14,23H2,1H3,(H,24,26)/t20-/m0/s1. The predicted octanol–water partition coefficient (Wildman–Crippen LogP) is 3.20. The minimum absolute atomic E-state index is 0.0520. The third-order valence-corrected chi connectivity index (χ3v) is 5.06. The minimum Gasteiger partial charge on any atom is -0.468 e. The maximum Gasteiger partial charge on any atom is 0.407 e. The summed E-state index contributed by atoms with van der Waals surface area (Å²) in [6.45, 7) is 0.775. The van der Waals surface area contributed by atoms with E-state index in [4.69, 9.17) is 10.5 Å². The molecule has 0 saturated heterocycles. The molecule has 3 N–H and O–H groups in total. The molecule has 1 atom stereocenters. The second-order valence-corrected chi connectivity index (χ2v) is 6.88. The number of amides is 1. The van der Waals surface area contributed by atoms with Gasteiger partial charge >= 0.3 is 12.1 Å². The van der Waals surface area contributed by atoms with Crippen LogP contribution in [0.25, 0.3) is 11.1 Å². The second kappa shape index (κ2) is 9.37. The third-order valence-electron chi connectivity index (χ3n) is 5.06. The Hall–Kier alpha value is -2.86. The van der Waals surface area contributed by atoms with Crippen molar-refractivity contribution in [3.8, 4) is 11.1 Å². The van der Waals surface area contributed by atoms with E-state index < -0.39 is 18.1 Å². The summed E-state index contributed by atoms with van der Waals surface area (Å²) < 4.78 is 10.1. The molecule has 0 spiro atoms. The first-order chi connectivity index (χ1) is 13.6. The molecule has 1 amide bonds. The number of hydrogen-bond donors (Lipinski definition) is 2. The summed E-state index contributed by atoms with van der Waals surface area (Å²) in [5, 5.41) is 2.75. The molecule has 6 nitrogen and oxygen atoms in total. The number of carbonyl (C=O) groups excluding carboxylic acids is 2. The van der Waals surface area contributed by atoms with E-state index in [1.165, 1.54) is 29.4 Å². The van der Waals surface area contributed by atoms with E-state index in [1.807, 2.05) is 24.3 Å². The average Bonchev–Trinajstić information content (AvgIpc) is 3.05. The molecule has 28 heavy (non-hydrogen) atoms. The van der Waals surface area contributed by atoms with Crippen LogP contribution in [0.2, 0.25) is 0 Å². The molecule has 0 radical (unpaired) electrons. The highest BCUT2D eigenvalue weighted by atomic mass is 16.5. The number of hydrogen-bond acceptors (Lipinski definition) is 5. The monoisotopic (exact) mass is 382 g/mol. The molecule has 0 aliphatic heterocycles. The molecule has 0 saturated carbocycles. The van der Waals surface area contributed by atoms with Crippen molar-refractivity contribution >= 4 is 12.1 Å². The lowest BCUT2D eigenvalue weighted by molar-refractivity contribution is -0.142. The van der Waals surface area contributed by atoms with E-state index in [-0.39, 0.29) is 5.92 Å². The van der Waals surface area contributed by atoms with Gasteiger partial charge in [-0.3, -0.25) is 4.79 Å². The number of carbonyl (C=O) groups is 2. The van der Waals surface area contributed by atoms with Crippen LogP contribution in [0.4, 0.5) is 4.79 Å². The quantitative estimate of drug-likeness (QED) is 0.540. The van der Waals surface area contributed by atoms with Gasteiger partial charge in [0.2, 0.25) is 0 Å². The van der Waals surface area contributed by atoms with Crippen molar-refractivity contribution in [2.45, 2.75) is 31.2 Å². The maximum absolute atomic E-state index is 12.0. The van der Waals surface area contributed by atoms with E-state index in [0.29, 0.717) is 19.6 Å². The fourth-order valence-electron chi connectivity index (χ4n) is 3.60. The molecule has 3 rings (SSSR count). The molecule has 6 heteroatoms. The third kappa shape index (κ3) is 4.51. The Balaban J connectivity index is 1.45. The van der Waals surface area contributed by atoms with Gasteiger partial charge in [0.25, 0.3) is 0 Å². The maximum atomic E-state index is 12.0. The number of esters is 1. The number of fused-ring (bicyclic) bond motifs is 3. The molecule has 0 fully saturated rings. The number of rotatable bonds is 8. The molecule has 1 aliphatic rings. The first kappa shape index (κ1) is 19.9. The Morgan fingerprint density at radius 3 is 2.25 bits per heavy atom. The van der Waals surface area contributed by atoms with E-state index in [2.05, 4.69) is 34.3 Å². The highest BCUT2D eigenvalue weighted by Gasteiger charge is 2.28. The normalized spacial score (nSPS) is 13.4. The van der Waals surface area contributed by atoms with Gasteiger partial charge in [-0.15, -0.1) is 0 Å². The number of ether oxygens (including phenoxy) is 2. The molecular formula is C22H26N2O4. The van der Waals surface area contributed by atoms with Crippen molar-refractivity contribution in [2.24, 2.45) is 5.73 Å². The van der Waals surface area contributed by atoms with Gasteiger partial charge < -0.3 is 20.5 Å². The molecule has 2 aromatic rings. The zero-order valence-corrected chi connectivity index (χ0v) is 16.0. The molecule has 0 bridgehead atoms. The fraction of sp³-hybridized carbons (Fsp3) is 0.364. The number of nitrogens with one attached hydrogen (secondary N) is 1. The van der Waals surface area contributed by atoms with Crippen molar-refractivity contribution in [2.75, 3.05) is 20.3 Å². The zero-order valence-electron chi connectivity index (χ0n) is 16.0. The number of unbranched alkanes of at least 4 members (excludes halogenated alkanes) is 1. The average molecular weight is 382 g/mol. The van der Waals surface area contributed by atoms with Crippen LogP contribution in [-0.4, -0.2) is 38.4 Å². The summed E-state index contributed by atoms with van der Waals surface area (Å²) in [4.78, 5) is 23.3. The topological polar surface area (TPSA) is 90.6 Å². The minimum atomic E-state index is -0.612. The van der Waals surface area contributed by atoms with Crippen molar-refractivity contribution in [1.82, 2.24) is 5.32 Å². The van der Waals surface area contributed by atoms with Crippen molar-refractivity contribution < 1.29 is 19.1 Å².